The van der Waals surface area contributed by atoms with E-state index in [2.05, 4.69) is 86.8 Å². The monoisotopic (exact) mass is 1340 g/mol. The number of allylic oxidation sites excluding steroid dienone is 12. The van der Waals surface area contributed by atoms with Gasteiger partial charge < -0.3 is 18.9 Å². The van der Waals surface area contributed by atoms with Gasteiger partial charge in [0.25, 0.3) is 0 Å². The van der Waals surface area contributed by atoms with Crippen molar-refractivity contribution < 1.29 is 42.1 Å². The van der Waals surface area contributed by atoms with E-state index in [9.17, 15) is 19.0 Å². The van der Waals surface area contributed by atoms with Crippen molar-refractivity contribution in [3.63, 3.8) is 0 Å². The average Bonchev–Trinajstić information content (AvgIpc) is 1.56. The van der Waals surface area contributed by atoms with Crippen molar-refractivity contribution in [1.82, 2.24) is 0 Å². The molecule has 0 radical (unpaired) electrons. The first-order chi connectivity index (χ1) is 46.0. The second-order valence-corrected chi connectivity index (χ2v) is 30.3. The molecule has 0 rings (SSSR count). The molecule has 94 heavy (non-hydrogen) atoms. The summed E-state index contributed by atoms with van der Waals surface area (Å²) in [4.78, 5) is 36.0. The van der Waals surface area contributed by atoms with Gasteiger partial charge in [-0.25, -0.2) is 4.57 Å². The quantitative estimate of drug-likeness (QED) is 0.0211. The van der Waals surface area contributed by atoms with Crippen molar-refractivity contribution in [3.05, 3.63) is 72.9 Å². The van der Waals surface area contributed by atoms with Gasteiger partial charge >= 0.3 is 19.8 Å². The molecular weight excluding hydrogens is 1180 g/mol. The van der Waals surface area contributed by atoms with Crippen LogP contribution in [0.3, 0.4) is 0 Å². The number of unbranched alkanes of at least 4 members (excludes halogenated alkanes) is 50. The molecule has 550 valence electrons. The van der Waals surface area contributed by atoms with Crippen molar-refractivity contribution in [2.24, 2.45) is 0 Å². The van der Waals surface area contributed by atoms with Crippen LogP contribution in [0.4, 0.5) is 0 Å². The Bertz CT molecular complexity index is 1820. The summed E-state index contributed by atoms with van der Waals surface area (Å²) in [6.45, 7) is 4.47. The lowest BCUT2D eigenvalue weighted by Crippen LogP contribution is -2.37. The molecule has 0 fully saturated rings. The highest BCUT2D eigenvalue weighted by Gasteiger charge is 2.27. The van der Waals surface area contributed by atoms with Crippen molar-refractivity contribution >= 4 is 19.8 Å². The van der Waals surface area contributed by atoms with Gasteiger partial charge in [0.2, 0.25) is 0 Å². The Morgan fingerprint density at radius 3 is 0.851 bits per heavy atom. The van der Waals surface area contributed by atoms with E-state index >= 15 is 0 Å². The minimum Gasteiger partial charge on any atom is -0.462 e. The molecule has 0 aromatic heterocycles. The zero-order chi connectivity index (χ0) is 68.3. The summed E-state index contributed by atoms with van der Waals surface area (Å²) in [5, 5.41) is 0. The number of esters is 2. The Balaban J connectivity index is 3.92. The summed E-state index contributed by atoms with van der Waals surface area (Å²) in [6, 6.07) is 0. The Kier molecular flexibility index (Phi) is 72.6. The fourth-order valence-electron chi connectivity index (χ4n) is 12.0. The summed E-state index contributed by atoms with van der Waals surface area (Å²) in [5.41, 5.74) is 0. The Hall–Kier alpha value is -2.55. The molecule has 2 unspecified atom stereocenters. The van der Waals surface area contributed by atoms with Gasteiger partial charge in [-0.05, 0) is 89.9 Å². The molecule has 0 aliphatic rings. The normalized spacial score (nSPS) is 13.4. The maximum absolute atomic E-state index is 12.9. The summed E-state index contributed by atoms with van der Waals surface area (Å²) in [7, 11) is 1.49. The van der Waals surface area contributed by atoms with Gasteiger partial charge in [-0.15, -0.1) is 0 Å². The predicted molar refractivity (Wildman–Crippen MR) is 409 cm³/mol. The van der Waals surface area contributed by atoms with Crippen LogP contribution in [0.2, 0.25) is 0 Å². The van der Waals surface area contributed by atoms with Crippen LogP contribution in [0.15, 0.2) is 72.9 Å². The highest BCUT2D eigenvalue weighted by Crippen LogP contribution is 2.43. The number of nitrogens with zero attached hydrogens (tertiary/aromatic N) is 1. The minimum absolute atomic E-state index is 0.0328. The molecule has 0 aliphatic carbocycles. The van der Waals surface area contributed by atoms with Gasteiger partial charge in [-0.1, -0.05) is 369 Å². The van der Waals surface area contributed by atoms with Crippen LogP contribution in [-0.4, -0.2) is 74.9 Å². The van der Waals surface area contributed by atoms with Gasteiger partial charge in [0, 0.05) is 12.8 Å². The summed E-state index contributed by atoms with van der Waals surface area (Å²) in [5.74, 6) is -0.778. The predicted octanol–water partition coefficient (Wildman–Crippen LogP) is 27.1. The zero-order valence-corrected chi connectivity index (χ0v) is 63.9. The molecule has 1 N–H and O–H groups in total. The van der Waals surface area contributed by atoms with Gasteiger partial charge in [0.05, 0.1) is 27.7 Å². The third kappa shape index (κ3) is 78.4. The van der Waals surface area contributed by atoms with Gasteiger partial charge in [0.15, 0.2) is 6.10 Å². The number of likely N-dealkylation sites (N-methyl/N-ethyl adjacent to an activating group) is 1. The lowest BCUT2D eigenvalue weighted by Gasteiger charge is -2.24. The van der Waals surface area contributed by atoms with Crippen molar-refractivity contribution in [2.75, 3.05) is 47.5 Å². The molecule has 9 nitrogen and oxygen atoms in total. The number of hydrogen-bond acceptors (Lipinski definition) is 7. The standard InChI is InChI=1S/C84H156NO8P/c1-6-8-10-12-14-16-18-20-22-24-26-28-30-32-34-36-38-39-40-41-42-43-44-45-47-49-51-53-55-57-59-61-63-65-67-69-71-73-75-77-84(87)93-82(81-92-94(88,89)91-79-78-85(3,4)5)80-90-83(86)76-74-72-70-68-66-64-62-60-58-56-54-52-50-48-46-37-35-33-31-29-27-25-23-21-19-17-15-13-11-9-7-2/h18-21,24-27,30-33,82H,6-17,22-23,28-29,34-81H2,1-5H3/p+1/b20-18-,21-19-,26-24-,27-25-,32-30-,33-31-. The molecule has 0 saturated carbocycles. The molecule has 2 atom stereocenters. The average molecular weight is 1340 g/mol. The molecule has 0 aliphatic heterocycles. The lowest BCUT2D eigenvalue weighted by molar-refractivity contribution is -0.870. The zero-order valence-electron chi connectivity index (χ0n) is 63.0. The molecule has 0 saturated heterocycles. The first-order valence-electron chi connectivity index (χ1n) is 40.7. The number of carbonyl (C=O) groups excluding carboxylic acids is 2. The lowest BCUT2D eigenvalue weighted by atomic mass is 10.0. The Morgan fingerprint density at radius 1 is 0.330 bits per heavy atom. The van der Waals surface area contributed by atoms with Crippen LogP contribution in [0.5, 0.6) is 0 Å². The summed E-state index contributed by atoms with van der Waals surface area (Å²) < 4.78 is 34.8. The van der Waals surface area contributed by atoms with Crippen LogP contribution in [0.1, 0.15) is 399 Å². The van der Waals surface area contributed by atoms with E-state index in [1.165, 1.54) is 308 Å². The first-order valence-corrected chi connectivity index (χ1v) is 42.2. The van der Waals surface area contributed by atoms with Crippen LogP contribution >= 0.6 is 7.82 Å². The number of hydrogen-bond donors (Lipinski definition) is 1. The number of ether oxygens (including phenoxy) is 2. The van der Waals surface area contributed by atoms with E-state index in [1.54, 1.807) is 0 Å². The van der Waals surface area contributed by atoms with E-state index in [0.29, 0.717) is 23.9 Å². The van der Waals surface area contributed by atoms with E-state index < -0.39 is 26.5 Å². The molecular formula is C84H157NO8P+. The molecule has 0 amide bonds. The minimum atomic E-state index is -4.40. The van der Waals surface area contributed by atoms with Crippen LogP contribution in [0.25, 0.3) is 0 Å². The Labute approximate surface area is 584 Å². The van der Waals surface area contributed by atoms with Crippen LogP contribution in [-0.2, 0) is 32.7 Å². The van der Waals surface area contributed by atoms with Gasteiger partial charge in [-0.3, -0.25) is 18.6 Å². The smallest absolute Gasteiger partial charge is 0.462 e. The third-order valence-corrected chi connectivity index (χ3v) is 19.2. The van der Waals surface area contributed by atoms with E-state index in [4.69, 9.17) is 18.5 Å². The molecule has 0 aromatic carbocycles. The molecule has 0 heterocycles. The van der Waals surface area contributed by atoms with Crippen LogP contribution in [0, 0.1) is 0 Å². The van der Waals surface area contributed by atoms with E-state index in [-0.39, 0.29) is 25.6 Å². The fraction of sp³-hybridized carbons (Fsp3) is 0.833. The van der Waals surface area contributed by atoms with Crippen molar-refractivity contribution in [3.8, 4) is 0 Å². The highest BCUT2D eigenvalue weighted by molar-refractivity contribution is 7.47. The van der Waals surface area contributed by atoms with Crippen LogP contribution < -0.4 is 0 Å². The third-order valence-electron chi connectivity index (χ3n) is 18.2. The molecule has 10 heteroatoms. The number of phosphoric ester groups is 1. The summed E-state index contributed by atoms with van der Waals surface area (Å²) >= 11 is 0. The number of carbonyl (C=O) groups is 2. The van der Waals surface area contributed by atoms with E-state index in [1.807, 2.05) is 21.1 Å². The van der Waals surface area contributed by atoms with Gasteiger partial charge in [0.1, 0.15) is 19.8 Å². The maximum Gasteiger partial charge on any atom is 0.472 e. The molecule has 0 spiro atoms. The van der Waals surface area contributed by atoms with Crippen molar-refractivity contribution in [1.29, 1.82) is 0 Å². The van der Waals surface area contributed by atoms with E-state index in [0.717, 1.165) is 57.8 Å². The Morgan fingerprint density at radius 2 is 0.574 bits per heavy atom. The second kappa shape index (κ2) is 74.7. The SMILES string of the molecule is CCCCCCC/C=C\C/C=C\C/C=C\CCCCCCCCCCCCCCCCCCCCCCCCCCC(=O)OC(COC(=O)CCCCCCCCCCCCCCCCCC/C=C\C/C=C\C/C=C\CCCCCCC)COP(=O)(O)OCC[N+](C)(C)C. The maximum atomic E-state index is 12.9. The molecule has 0 bridgehead atoms. The molecule has 0 aromatic rings. The fourth-order valence-corrected chi connectivity index (χ4v) is 12.7. The largest absolute Gasteiger partial charge is 0.472 e. The number of phosphoric acid groups is 1. The number of rotatable bonds is 76. The second-order valence-electron chi connectivity index (χ2n) is 28.8. The highest BCUT2D eigenvalue weighted by atomic mass is 31.2. The van der Waals surface area contributed by atoms with Crippen molar-refractivity contribution in [2.45, 2.75) is 405 Å². The first kappa shape index (κ1) is 91.4. The summed E-state index contributed by atoms with van der Waals surface area (Å²) in [6.07, 6.45) is 102. The number of quaternary nitrogens is 1. The topological polar surface area (TPSA) is 108 Å². The van der Waals surface area contributed by atoms with Gasteiger partial charge in [-0.2, -0.15) is 0 Å².